The number of nitrogens with zero attached hydrogens (tertiary/aromatic N) is 1. The van der Waals surface area contributed by atoms with Gasteiger partial charge in [0.05, 0.1) is 12.7 Å². The Bertz CT molecular complexity index is 594. The van der Waals surface area contributed by atoms with E-state index in [-0.39, 0.29) is 30.2 Å². The highest BCUT2D eigenvalue weighted by Gasteiger charge is 2.59. The molecule has 2 saturated carbocycles. The molecule has 2 N–H and O–H groups in total. The topological polar surface area (TPSA) is 61.8 Å². The number of carbonyl (C=O) groups excluding carboxylic acids is 1. The molecule has 1 saturated heterocycles. The standard InChI is InChI=1S/C19H26N2O3/c1-2-24-19(23)20-16-14-8-13-9-15(16)18(22)17(14)21(11-13)10-12-6-4-3-5-7-12/h3-7,13-18,22H,2,8-11H2,1H3,(H,20,23)/t13?,14?,15?,16?,17?,18-/m0/s1. The minimum absolute atomic E-state index is 0.0406. The van der Waals surface area contributed by atoms with E-state index in [1.807, 2.05) is 13.0 Å². The molecule has 1 aromatic carbocycles. The third kappa shape index (κ3) is 2.70. The normalized spacial score (nSPS) is 37.4. The minimum atomic E-state index is -0.363. The van der Waals surface area contributed by atoms with Crippen LogP contribution in [0.1, 0.15) is 25.3 Å². The number of likely N-dealkylation sites (tertiary alicyclic amines) is 1. The zero-order valence-electron chi connectivity index (χ0n) is 14.1. The smallest absolute Gasteiger partial charge is 0.407 e. The van der Waals surface area contributed by atoms with Crippen LogP contribution in [0.3, 0.4) is 0 Å². The number of nitrogens with one attached hydrogen (secondary N) is 1. The van der Waals surface area contributed by atoms with E-state index in [0.717, 1.165) is 25.9 Å². The molecule has 6 atom stereocenters. The summed E-state index contributed by atoms with van der Waals surface area (Å²) in [6.45, 7) is 4.11. The highest BCUT2D eigenvalue weighted by atomic mass is 16.5. The number of alkyl carbamates (subject to hydrolysis) is 1. The fraction of sp³-hybridized carbons (Fsp3) is 0.632. The molecule has 3 aliphatic rings. The van der Waals surface area contributed by atoms with Crippen molar-refractivity contribution < 1.29 is 14.6 Å². The number of carbonyl (C=O) groups is 1. The van der Waals surface area contributed by atoms with E-state index < -0.39 is 0 Å². The molecule has 3 fully saturated rings. The molecule has 130 valence electrons. The van der Waals surface area contributed by atoms with Crippen molar-refractivity contribution >= 4 is 6.09 Å². The van der Waals surface area contributed by atoms with E-state index >= 15 is 0 Å². The van der Waals surface area contributed by atoms with Crippen LogP contribution in [0.2, 0.25) is 0 Å². The summed E-state index contributed by atoms with van der Waals surface area (Å²) in [7, 11) is 0. The second-order valence-electron chi connectivity index (χ2n) is 7.45. The summed E-state index contributed by atoms with van der Waals surface area (Å²) in [6, 6.07) is 10.6. The van der Waals surface area contributed by atoms with Gasteiger partial charge in [0.15, 0.2) is 0 Å². The summed E-state index contributed by atoms with van der Waals surface area (Å²) >= 11 is 0. The summed E-state index contributed by atoms with van der Waals surface area (Å²) < 4.78 is 5.06. The maximum atomic E-state index is 11.9. The van der Waals surface area contributed by atoms with Gasteiger partial charge in [-0.1, -0.05) is 30.3 Å². The number of benzene rings is 1. The minimum Gasteiger partial charge on any atom is -0.450 e. The molecule has 5 unspecified atom stereocenters. The number of ether oxygens (including phenoxy) is 1. The number of piperidine rings is 1. The SMILES string of the molecule is CCOC(=O)NC1C2CC3CC1[C@H](O)C2N(Cc1ccccc1)C3. The van der Waals surface area contributed by atoms with Gasteiger partial charge in [-0.3, -0.25) is 4.90 Å². The van der Waals surface area contributed by atoms with Gasteiger partial charge in [0.25, 0.3) is 0 Å². The van der Waals surface area contributed by atoms with Gasteiger partial charge in [-0.15, -0.1) is 0 Å². The van der Waals surface area contributed by atoms with Gasteiger partial charge in [0, 0.05) is 31.1 Å². The molecule has 3 bridgehead atoms. The van der Waals surface area contributed by atoms with Crippen molar-refractivity contribution in [2.24, 2.45) is 17.8 Å². The van der Waals surface area contributed by atoms with Crippen LogP contribution in [0, 0.1) is 17.8 Å². The van der Waals surface area contributed by atoms with Gasteiger partial charge in [0.1, 0.15) is 0 Å². The van der Waals surface area contributed by atoms with Gasteiger partial charge in [-0.25, -0.2) is 4.79 Å². The lowest BCUT2D eigenvalue weighted by Crippen LogP contribution is -2.54. The first kappa shape index (κ1) is 15.9. The molecule has 1 aliphatic heterocycles. The first-order valence-corrected chi connectivity index (χ1v) is 9.06. The van der Waals surface area contributed by atoms with E-state index in [1.54, 1.807) is 0 Å². The molecule has 1 heterocycles. The second kappa shape index (κ2) is 6.37. The monoisotopic (exact) mass is 330 g/mol. The lowest BCUT2D eigenvalue weighted by molar-refractivity contribution is 0.0147. The molecular formula is C19H26N2O3. The lowest BCUT2D eigenvalue weighted by Gasteiger charge is -2.45. The van der Waals surface area contributed by atoms with Crippen molar-refractivity contribution in [3.63, 3.8) is 0 Å². The van der Waals surface area contributed by atoms with Crippen molar-refractivity contribution in [1.29, 1.82) is 0 Å². The predicted molar refractivity (Wildman–Crippen MR) is 90.3 cm³/mol. The molecule has 24 heavy (non-hydrogen) atoms. The Morgan fingerprint density at radius 1 is 1.29 bits per heavy atom. The van der Waals surface area contributed by atoms with E-state index in [4.69, 9.17) is 4.74 Å². The average Bonchev–Trinajstić information content (AvgIpc) is 2.69. The summed E-state index contributed by atoms with van der Waals surface area (Å²) in [5.41, 5.74) is 1.28. The lowest BCUT2D eigenvalue weighted by atomic mass is 9.74. The largest absolute Gasteiger partial charge is 0.450 e. The zero-order valence-corrected chi connectivity index (χ0v) is 14.1. The van der Waals surface area contributed by atoms with Gasteiger partial charge in [-0.05, 0) is 37.2 Å². The Balaban J connectivity index is 1.53. The van der Waals surface area contributed by atoms with Gasteiger partial charge < -0.3 is 15.2 Å². The van der Waals surface area contributed by atoms with E-state index in [2.05, 4.69) is 34.5 Å². The van der Waals surface area contributed by atoms with Crippen molar-refractivity contribution in [3.8, 4) is 0 Å². The fourth-order valence-electron chi connectivity index (χ4n) is 5.29. The van der Waals surface area contributed by atoms with Gasteiger partial charge in [-0.2, -0.15) is 0 Å². The van der Waals surface area contributed by atoms with Crippen LogP contribution in [-0.4, -0.2) is 47.4 Å². The maximum absolute atomic E-state index is 11.9. The Labute approximate surface area is 143 Å². The van der Waals surface area contributed by atoms with Gasteiger partial charge >= 0.3 is 6.09 Å². The molecule has 4 rings (SSSR count). The van der Waals surface area contributed by atoms with Crippen molar-refractivity contribution in [1.82, 2.24) is 10.2 Å². The third-order valence-corrected chi connectivity index (χ3v) is 6.06. The van der Waals surface area contributed by atoms with Crippen LogP contribution in [0.25, 0.3) is 0 Å². The van der Waals surface area contributed by atoms with Crippen LogP contribution in [0.5, 0.6) is 0 Å². The molecular weight excluding hydrogens is 304 g/mol. The van der Waals surface area contributed by atoms with E-state index in [0.29, 0.717) is 18.4 Å². The van der Waals surface area contributed by atoms with Crippen LogP contribution < -0.4 is 5.32 Å². The summed E-state index contributed by atoms with van der Waals surface area (Å²) in [5, 5.41) is 13.9. The van der Waals surface area contributed by atoms with E-state index in [1.165, 1.54) is 5.56 Å². The molecule has 0 radical (unpaired) electrons. The highest BCUT2D eigenvalue weighted by molar-refractivity contribution is 5.67. The van der Waals surface area contributed by atoms with Crippen LogP contribution in [0.4, 0.5) is 4.79 Å². The Hall–Kier alpha value is -1.59. The number of rotatable bonds is 4. The van der Waals surface area contributed by atoms with Crippen LogP contribution in [-0.2, 0) is 11.3 Å². The summed E-state index contributed by atoms with van der Waals surface area (Å²) in [6.07, 6.45) is 1.38. The first-order valence-electron chi connectivity index (χ1n) is 9.06. The Morgan fingerprint density at radius 2 is 2.04 bits per heavy atom. The van der Waals surface area contributed by atoms with Crippen molar-refractivity contribution in [3.05, 3.63) is 35.9 Å². The number of hydrogen-bond donors (Lipinski definition) is 2. The Kier molecular flexibility index (Phi) is 4.22. The molecule has 2 aliphatic carbocycles. The third-order valence-electron chi connectivity index (χ3n) is 6.06. The molecule has 1 aromatic rings. The predicted octanol–water partition coefficient (Wildman–Crippen LogP) is 2.00. The maximum Gasteiger partial charge on any atom is 0.407 e. The highest BCUT2D eigenvalue weighted by Crippen LogP contribution is 2.51. The summed E-state index contributed by atoms with van der Waals surface area (Å²) in [4.78, 5) is 14.3. The number of aliphatic hydroxyl groups excluding tert-OH is 1. The average molecular weight is 330 g/mol. The molecule has 0 aromatic heterocycles. The van der Waals surface area contributed by atoms with Crippen molar-refractivity contribution in [2.75, 3.05) is 13.2 Å². The molecule has 1 amide bonds. The molecule has 0 spiro atoms. The van der Waals surface area contributed by atoms with Crippen molar-refractivity contribution in [2.45, 2.75) is 44.5 Å². The first-order chi connectivity index (χ1) is 11.7. The zero-order chi connectivity index (χ0) is 16.7. The quantitative estimate of drug-likeness (QED) is 0.886. The van der Waals surface area contributed by atoms with Crippen LogP contribution in [0.15, 0.2) is 30.3 Å². The van der Waals surface area contributed by atoms with E-state index in [9.17, 15) is 9.90 Å². The Morgan fingerprint density at radius 3 is 2.79 bits per heavy atom. The summed E-state index contributed by atoms with van der Waals surface area (Å²) in [5.74, 6) is 1.10. The van der Waals surface area contributed by atoms with Gasteiger partial charge in [0.2, 0.25) is 0 Å². The number of aliphatic hydroxyl groups is 1. The number of hydrogen-bond acceptors (Lipinski definition) is 4. The molecule has 5 nitrogen and oxygen atoms in total. The van der Waals surface area contributed by atoms with Crippen LogP contribution >= 0.6 is 0 Å². The fourth-order valence-corrected chi connectivity index (χ4v) is 5.29. The number of amides is 1. The molecule has 5 heteroatoms. The second-order valence-corrected chi connectivity index (χ2v) is 7.45. The number of fused-ring (bicyclic) bond motifs is 2.